The molecule has 1 saturated carbocycles. The van der Waals surface area contributed by atoms with Crippen LogP contribution in [0.25, 0.3) is 11.1 Å². The molecule has 0 heterocycles. The van der Waals surface area contributed by atoms with Gasteiger partial charge < -0.3 is 20.5 Å². The average molecular weight is 487 g/mol. The second-order valence-electron chi connectivity index (χ2n) is 9.05. The molecule has 2 aromatic carbocycles. The van der Waals surface area contributed by atoms with Gasteiger partial charge in [-0.2, -0.15) is 8.78 Å². The Hall–Kier alpha value is -3.49. The van der Waals surface area contributed by atoms with Crippen LogP contribution in [-0.2, 0) is 14.3 Å². The number of hydrogen-bond acceptors (Lipinski definition) is 4. The molecule has 9 heteroatoms. The van der Waals surface area contributed by atoms with E-state index in [1.54, 1.807) is 0 Å². The van der Waals surface area contributed by atoms with Gasteiger partial charge in [0.25, 0.3) is 0 Å². The van der Waals surface area contributed by atoms with Gasteiger partial charge in [0, 0.05) is 12.0 Å². The Balaban J connectivity index is 1.39. The maximum absolute atomic E-state index is 13.4. The summed E-state index contributed by atoms with van der Waals surface area (Å²) in [4.78, 5) is 36.0. The highest BCUT2D eigenvalue weighted by Crippen LogP contribution is 2.44. The number of fused-ring (bicyclic) bond motifs is 3. The smallest absolute Gasteiger partial charge is 0.407 e. The summed E-state index contributed by atoms with van der Waals surface area (Å²) in [6, 6.07) is 15.3. The Morgan fingerprint density at radius 2 is 1.54 bits per heavy atom. The molecule has 7 nitrogen and oxygen atoms in total. The normalized spacial score (nSPS) is 19.7. The SMILES string of the molecule is O=C(N[C@@H]1CCCCC[C@@H]1C(=O)NCC(F)(F)C(=O)O)OCC1c2ccccc2-c2ccccc21. The molecule has 0 radical (unpaired) electrons. The first-order valence-corrected chi connectivity index (χ1v) is 11.8. The van der Waals surface area contributed by atoms with Gasteiger partial charge in [0.1, 0.15) is 6.61 Å². The molecule has 35 heavy (non-hydrogen) atoms. The first-order chi connectivity index (χ1) is 16.8. The quantitative estimate of drug-likeness (QED) is 0.506. The number of aliphatic carboxylic acids is 1. The Kier molecular flexibility index (Phi) is 7.33. The van der Waals surface area contributed by atoms with Crippen LogP contribution < -0.4 is 10.6 Å². The number of alkyl carbamates (subject to hydrolysis) is 1. The summed E-state index contributed by atoms with van der Waals surface area (Å²) < 4.78 is 32.4. The predicted octanol–water partition coefficient (Wildman–Crippen LogP) is 4.31. The molecule has 1 fully saturated rings. The summed E-state index contributed by atoms with van der Waals surface area (Å²) in [6.07, 6.45) is 2.54. The number of carboxylic acids is 1. The number of benzene rings is 2. The van der Waals surface area contributed by atoms with E-state index in [0.29, 0.717) is 19.3 Å². The average Bonchev–Trinajstić information content (AvgIpc) is 2.97. The van der Waals surface area contributed by atoms with Crippen molar-refractivity contribution in [2.45, 2.75) is 50.0 Å². The number of halogens is 2. The number of alkyl halides is 2. The lowest BCUT2D eigenvalue weighted by molar-refractivity contribution is -0.164. The van der Waals surface area contributed by atoms with Gasteiger partial charge >= 0.3 is 18.0 Å². The zero-order chi connectivity index (χ0) is 25.0. The molecular weight excluding hydrogens is 458 g/mol. The van der Waals surface area contributed by atoms with Crippen molar-refractivity contribution in [2.75, 3.05) is 13.2 Å². The lowest BCUT2D eigenvalue weighted by Crippen LogP contribution is -2.49. The number of amides is 2. The fourth-order valence-corrected chi connectivity index (χ4v) is 4.99. The summed E-state index contributed by atoms with van der Waals surface area (Å²) in [6.45, 7) is -1.18. The van der Waals surface area contributed by atoms with Crippen LogP contribution in [0.3, 0.4) is 0 Å². The van der Waals surface area contributed by atoms with Crippen LogP contribution in [0.4, 0.5) is 13.6 Å². The minimum Gasteiger partial charge on any atom is -0.477 e. The second kappa shape index (κ2) is 10.4. The summed E-state index contributed by atoms with van der Waals surface area (Å²) >= 11 is 0. The Morgan fingerprint density at radius 3 is 2.17 bits per heavy atom. The largest absolute Gasteiger partial charge is 0.477 e. The summed E-state index contributed by atoms with van der Waals surface area (Å²) in [5, 5.41) is 13.4. The van der Waals surface area contributed by atoms with Crippen molar-refractivity contribution in [3.05, 3.63) is 59.7 Å². The van der Waals surface area contributed by atoms with Crippen molar-refractivity contribution in [2.24, 2.45) is 5.92 Å². The lowest BCUT2D eigenvalue weighted by Gasteiger charge is -2.26. The highest BCUT2D eigenvalue weighted by molar-refractivity contribution is 5.82. The third-order valence-electron chi connectivity index (χ3n) is 6.80. The molecule has 0 bridgehead atoms. The fraction of sp³-hybridized carbons (Fsp3) is 0.423. The fourth-order valence-electron chi connectivity index (χ4n) is 4.99. The maximum Gasteiger partial charge on any atom is 0.407 e. The van der Waals surface area contributed by atoms with Crippen molar-refractivity contribution in [1.29, 1.82) is 0 Å². The molecule has 2 aromatic rings. The van der Waals surface area contributed by atoms with Gasteiger partial charge in [-0.1, -0.05) is 67.8 Å². The highest BCUT2D eigenvalue weighted by Gasteiger charge is 2.40. The molecule has 0 unspecified atom stereocenters. The topological polar surface area (TPSA) is 105 Å². The van der Waals surface area contributed by atoms with Crippen LogP contribution in [0.15, 0.2) is 48.5 Å². The number of nitrogens with one attached hydrogen (secondary N) is 2. The van der Waals surface area contributed by atoms with Gasteiger partial charge in [-0.05, 0) is 35.1 Å². The van der Waals surface area contributed by atoms with Crippen molar-refractivity contribution in [3.63, 3.8) is 0 Å². The summed E-state index contributed by atoms with van der Waals surface area (Å²) in [5.41, 5.74) is 4.37. The maximum atomic E-state index is 13.4. The van der Waals surface area contributed by atoms with E-state index in [9.17, 15) is 23.2 Å². The zero-order valence-electron chi connectivity index (χ0n) is 19.1. The van der Waals surface area contributed by atoms with Crippen molar-refractivity contribution in [1.82, 2.24) is 10.6 Å². The minimum atomic E-state index is -4.06. The number of carbonyl (C=O) groups is 3. The number of hydrogen-bond donors (Lipinski definition) is 3. The summed E-state index contributed by atoms with van der Waals surface area (Å²) in [7, 11) is 0. The molecular formula is C26H28F2N2O5. The molecule has 0 aliphatic heterocycles. The minimum absolute atomic E-state index is 0.111. The molecule has 4 rings (SSSR count). The molecule has 2 aliphatic rings. The number of carboxylic acid groups (broad SMARTS) is 1. The van der Waals surface area contributed by atoms with E-state index < -0.39 is 42.4 Å². The van der Waals surface area contributed by atoms with Gasteiger partial charge in [0.2, 0.25) is 5.91 Å². The van der Waals surface area contributed by atoms with Gasteiger partial charge in [-0.25, -0.2) is 9.59 Å². The van der Waals surface area contributed by atoms with Crippen LogP contribution in [0, 0.1) is 5.92 Å². The third kappa shape index (κ3) is 5.44. The molecule has 186 valence electrons. The molecule has 2 amide bonds. The van der Waals surface area contributed by atoms with Crippen LogP contribution in [-0.4, -0.2) is 48.2 Å². The van der Waals surface area contributed by atoms with E-state index in [-0.39, 0.29) is 12.5 Å². The highest BCUT2D eigenvalue weighted by atomic mass is 19.3. The van der Waals surface area contributed by atoms with E-state index in [4.69, 9.17) is 9.84 Å². The van der Waals surface area contributed by atoms with E-state index in [2.05, 4.69) is 5.32 Å². The van der Waals surface area contributed by atoms with Gasteiger partial charge in [-0.3, -0.25) is 4.79 Å². The monoisotopic (exact) mass is 486 g/mol. The van der Waals surface area contributed by atoms with Gasteiger partial charge in [0.15, 0.2) is 0 Å². The first-order valence-electron chi connectivity index (χ1n) is 11.8. The first kappa shape index (κ1) is 24.6. The number of ether oxygens (including phenoxy) is 1. The van der Waals surface area contributed by atoms with E-state index >= 15 is 0 Å². The van der Waals surface area contributed by atoms with Crippen molar-refractivity contribution < 1.29 is 33.0 Å². The van der Waals surface area contributed by atoms with E-state index in [0.717, 1.165) is 35.1 Å². The summed E-state index contributed by atoms with van der Waals surface area (Å²) in [5.74, 6) is -7.92. The van der Waals surface area contributed by atoms with Gasteiger partial charge in [-0.15, -0.1) is 0 Å². The van der Waals surface area contributed by atoms with Crippen LogP contribution in [0.5, 0.6) is 0 Å². The van der Waals surface area contributed by atoms with Crippen LogP contribution in [0.1, 0.15) is 49.1 Å². The van der Waals surface area contributed by atoms with E-state index in [1.165, 1.54) is 0 Å². The Labute approximate surface area is 201 Å². The third-order valence-corrected chi connectivity index (χ3v) is 6.80. The predicted molar refractivity (Wildman–Crippen MR) is 124 cm³/mol. The molecule has 0 spiro atoms. The Bertz CT molecular complexity index is 1060. The lowest BCUT2D eigenvalue weighted by atomic mass is 9.93. The molecule has 0 aromatic heterocycles. The van der Waals surface area contributed by atoms with Crippen molar-refractivity contribution >= 4 is 18.0 Å². The zero-order valence-corrected chi connectivity index (χ0v) is 19.1. The van der Waals surface area contributed by atoms with E-state index in [1.807, 2.05) is 53.8 Å². The van der Waals surface area contributed by atoms with Crippen LogP contribution in [0.2, 0.25) is 0 Å². The number of carbonyl (C=O) groups excluding carboxylic acids is 2. The standard InChI is InChI=1S/C26H28F2N2O5/c27-26(28,24(32)33)15-29-23(31)20-12-2-1-3-13-22(20)30-25(34)35-14-21-18-10-6-4-8-16(18)17-9-5-7-11-19(17)21/h4-11,20-22H,1-3,12-15H2,(H,29,31)(H,30,34)(H,32,33)/t20-,22+/m0/s1. The molecule has 2 atom stereocenters. The van der Waals surface area contributed by atoms with Gasteiger partial charge in [0.05, 0.1) is 12.5 Å². The van der Waals surface area contributed by atoms with Crippen LogP contribution >= 0.6 is 0 Å². The number of rotatable bonds is 7. The van der Waals surface area contributed by atoms with Crippen molar-refractivity contribution in [3.8, 4) is 11.1 Å². The second-order valence-corrected chi connectivity index (χ2v) is 9.05. The molecule has 2 aliphatic carbocycles. The molecule has 0 saturated heterocycles. The Morgan fingerprint density at radius 1 is 0.943 bits per heavy atom. The molecule has 3 N–H and O–H groups in total.